The lowest BCUT2D eigenvalue weighted by Crippen LogP contribution is -2.32. The van der Waals surface area contributed by atoms with Crippen LogP contribution in [0.2, 0.25) is 0 Å². The fourth-order valence-corrected chi connectivity index (χ4v) is 2.29. The van der Waals surface area contributed by atoms with E-state index in [1.807, 2.05) is 75.4 Å². The molecule has 0 spiro atoms. The van der Waals surface area contributed by atoms with Crippen molar-refractivity contribution in [3.63, 3.8) is 0 Å². The second-order valence-corrected chi connectivity index (χ2v) is 6.28. The van der Waals surface area contributed by atoms with E-state index in [4.69, 9.17) is 0 Å². The summed E-state index contributed by atoms with van der Waals surface area (Å²) in [7, 11) is 0. The molecule has 0 aromatic heterocycles. The standard InChI is InChI=1S/C20H25N3O2/c1-14(2)20(25)23-18-11-7-10-17(12-18)21-13-19(24)22-15(3)16-8-5-4-6-9-16/h4-12,14-15,21H,13H2,1-3H3,(H,22,24)(H,23,25). The van der Waals surface area contributed by atoms with E-state index in [1.165, 1.54) is 0 Å². The van der Waals surface area contributed by atoms with E-state index >= 15 is 0 Å². The number of carbonyl (C=O) groups is 2. The minimum Gasteiger partial charge on any atom is -0.376 e. The summed E-state index contributed by atoms with van der Waals surface area (Å²) in [5.41, 5.74) is 2.56. The first kappa shape index (κ1) is 18.5. The molecule has 0 aliphatic rings. The second-order valence-electron chi connectivity index (χ2n) is 6.28. The summed E-state index contributed by atoms with van der Waals surface area (Å²) in [5, 5.41) is 8.88. The maximum absolute atomic E-state index is 12.1. The van der Waals surface area contributed by atoms with E-state index in [-0.39, 0.29) is 30.3 Å². The summed E-state index contributed by atoms with van der Waals surface area (Å²) in [6.45, 7) is 5.80. The third kappa shape index (κ3) is 5.95. The lowest BCUT2D eigenvalue weighted by Gasteiger charge is -2.15. The largest absolute Gasteiger partial charge is 0.376 e. The average molecular weight is 339 g/mol. The molecule has 1 atom stereocenters. The Morgan fingerprint density at radius 2 is 1.60 bits per heavy atom. The molecule has 25 heavy (non-hydrogen) atoms. The van der Waals surface area contributed by atoms with Crippen molar-refractivity contribution in [1.29, 1.82) is 0 Å². The van der Waals surface area contributed by atoms with Gasteiger partial charge in [-0.1, -0.05) is 50.2 Å². The molecular formula is C20H25N3O2. The minimum absolute atomic E-state index is 0.0356. The Labute approximate surface area is 148 Å². The lowest BCUT2D eigenvalue weighted by molar-refractivity contribution is -0.120. The molecule has 0 saturated carbocycles. The zero-order valence-electron chi connectivity index (χ0n) is 14.9. The highest BCUT2D eigenvalue weighted by atomic mass is 16.2. The quantitative estimate of drug-likeness (QED) is 0.722. The predicted molar refractivity (Wildman–Crippen MR) is 101 cm³/mol. The molecule has 0 fully saturated rings. The summed E-state index contributed by atoms with van der Waals surface area (Å²) in [4.78, 5) is 23.9. The first-order chi connectivity index (χ1) is 12.0. The van der Waals surface area contributed by atoms with Crippen LogP contribution in [0.1, 0.15) is 32.4 Å². The molecule has 3 N–H and O–H groups in total. The zero-order valence-corrected chi connectivity index (χ0v) is 14.9. The number of carbonyl (C=O) groups excluding carboxylic acids is 2. The highest BCUT2D eigenvalue weighted by Crippen LogP contribution is 2.16. The van der Waals surface area contributed by atoms with Crippen molar-refractivity contribution in [3.8, 4) is 0 Å². The van der Waals surface area contributed by atoms with Crippen molar-refractivity contribution >= 4 is 23.2 Å². The zero-order chi connectivity index (χ0) is 18.2. The number of nitrogens with one attached hydrogen (secondary N) is 3. The summed E-state index contributed by atoms with van der Waals surface area (Å²) in [5.74, 6) is -0.207. The third-order valence-electron chi connectivity index (χ3n) is 3.78. The number of hydrogen-bond acceptors (Lipinski definition) is 3. The molecule has 2 amide bonds. The van der Waals surface area contributed by atoms with Crippen LogP contribution in [0.25, 0.3) is 0 Å². The fraction of sp³-hybridized carbons (Fsp3) is 0.300. The van der Waals surface area contributed by atoms with Crippen LogP contribution in [-0.2, 0) is 9.59 Å². The molecule has 0 radical (unpaired) electrons. The molecule has 5 heteroatoms. The maximum atomic E-state index is 12.1. The van der Waals surface area contributed by atoms with Crippen molar-refractivity contribution in [2.24, 2.45) is 5.92 Å². The van der Waals surface area contributed by atoms with Crippen LogP contribution in [0.15, 0.2) is 54.6 Å². The van der Waals surface area contributed by atoms with E-state index in [9.17, 15) is 9.59 Å². The summed E-state index contributed by atoms with van der Waals surface area (Å²) < 4.78 is 0. The van der Waals surface area contributed by atoms with Crippen molar-refractivity contribution in [2.75, 3.05) is 17.2 Å². The smallest absolute Gasteiger partial charge is 0.239 e. The normalized spacial score (nSPS) is 11.7. The summed E-state index contributed by atoms with van der Waals surface area (Å²) >= 11 is 0. The van der Waals surface area contributed by atoms with Crippen LogP contribution in [0.3, 0.4) is 0 Å². The molecule has 0 heterocycles. The van der Waals surface area contributed by atoms with E-state index in [0.717, 1.165) is 11.3 Å². The second kappa shape index (κ2) is 8.87. The number of benzene rings is 2. The first-order valence-electron chi connectivity index (χ1n) is 8.45. The van der Waals surface area contributed by atoms with Crippen LogP contribution in [0.4, 0.5) is 11.4 Å². The number of hydrogen-bond donors (Lipinski definition) is 3. The van der Waals surface area contributed by atoms with Gasteiger partial charge in [0, 0.05) is 17.3 Å². The molecule has 2 aromatic carbocycles. The fourth-order valence-electron chi connectivity index (χ4n) is 2.29. The number of rotatable bonds is 7. The molecule has 2 rings (SSSR count). The molecule has 0 bridgehead atoms. The Kier molecular flexibility index (Phi) is 6.57. The third-order valence-corrected chi connectivity index (χ3v) is 3.78. The molecule has 1 unspecified atom stereocenters. The van der Waals surface area contributed by atoms with Gasteiger partial charge < -0.3 is 16.0 Å². The van der Waals surface area contributed by atoms with Gasteiger partial charge in [-0.2, -0.15) is 0 Å². The van der Waals surface area contributed by atoms with Crippen LogP contribution in [0, 0.1) is 5.92 Å². The SMILES string of the molecule is CC(C)C(=O)Nc1cccc(NCC(=O)NC(C)c2ccccc2)c1. The lowest BCUT2D eigenvalue weighted by atomic mass is 10.1. The van der Waals surface area contributed by atoms with Gasteiger partial charge in [-0.3, -0.25) is 9.59 Å². The van der Waals surface area contributed by atoms with Crippen molar-refractivity contribution in [1.82, 2.24) is 5.32 Å². The van der Waals surface area contributed by atoms with Gasteiger partial charge in [-0.15, -0.1) is 0 Å². The van der Waals surface area contributed by atoms with Crippen LogP contribution in [0.5, 0.6) is 0 Å². The highest BCUT2D eigenvalue weighted by Gasteiger charge is 2.10. The average Bonchev–Trinajstić information content (AvgIpc) is 2.61. The predicted octanol–water partition coefficient (Wildman–Crippen LogP) is 3.57. The summed E-state index contributed by atoms with van der Waals surface area (Å²) in [6.07, 6.45) is 0. The maximum Gasteiger partial charge on any atom is 0.239 e. The highest BCUT2D eigenvalue weighted by molar-refractivity contribution is 5.92. The Morgan fingerprint density at radius 1 is 0.920 bits per heavy atom. The molecule has 0 saturated heterocycles. The van der Waals surface area contributed by atoms with E-state index < -0.39 is 0 Å². The van der Waals surface area contributed by atoms with Gasteiger partial charge >= 0.3 is 0 Å². The van der Waals surface area contributed by atoms with Crippen LogP contribution in [-0.4, -0.2) is 18.4 Å². The Morgan fingerprint density at radius 3 is 2.28 bits per heavy atom. The van der Waals surface area contributed by atoms with Crippen LogP contribution >= 0.6 is 0 Å². The molecular weight excluding hydrogens is 314 g/mol. The Balaban J connectivity index is 1.86. The number of anilines is 2. The van der Waals surface area contributed by atoms with Crippen molar-refractivity contribution in [2.45, 2.75) is 26.8 Å². The molecule has 2 aromatic rings. The molecule has 132 valence electrons. The Hall–Kier alpha value is -2.82. The topological polar surface area (TPSA) is 70.2 Å². The molecule has 0 aliphatic carbocycles. The van der Waals surface area contributed by atoms with Gasteiger partial charge in [0.15, 0.2) is 0 Å². The van der Waals surface area contributed by atoms with Gasteiger partial charge in [-0.25, -0.2) is 0 Å². The van der Waals surface area contributed by atoms with Crippen molar-refractivity contribution < 1.29 is 9.59 Å². The van der Waals surface area contributed by atoms with E-state index in [1.54, 1.807) is 0 Å². The first-order valence-corrected chi connectivity index (χ1v) is 8.45. The van der Waals surface area contributed by atoms with Gasteiger partial charge in [-0.05, 0) is 30.7 Å². The minimum atomic E-state index is -0.0898. The summed E-state index contributed by atoms with van der Waals surface area (Å²) in [6, 6.07) is 17.1. The monoisotopic (exact) mass is 339 g/mol. The van der Waals surface area contributed by atoms with E-state index in [2.05, 4.69) is 16.0 Å². The van der Waals surface area contributed by atoms with Gasteiger partial charge in [0.2, 0.25) is 11.8 Å². The van der Waals surface area contributed by atoms with Crippen molar-refractivity contribution in [3.05, 3.63) is 60.2 Å². The Bertz CT molecular complexity index is 714. The van der Waals surface area contributed by atoms with Gasteiger partial charge in [0.25, 0.3) is 0 Å². The number of amides is 2. The molecule has 0 aliphatic heterocycles. The van der Waals surface area contributed by atoms with Crippen LogP contribution < -0.4 is 16.0 Å². The van der Waals surface area contributed by atoms with Gasteiger partial charge in [0.1, 0.15) is 0 Å². The van der Waals surface area contributed by atoms with E-state index in [0.29, 0.717) is 5.69 Å². The van der Waals surface area contributed by atoms with Gasteiger partial charge in [0.05, 0.1) is 12.6 Å². The molecule has 5 nitrogen and oxygen atoms in total.